The first-order valence-corrected chi connectivity index (χ1v) is 7.25. The lowest BCUT2D eigenvalue weighted by atomic mass is 10.2. The maximum atomic E-state index is 11.8. The Morgan fingerprint density at radius 1 is 1.56 bits per heavy atom. The molecule has 0 bridgehead atoms. The minimum atomic E-state index is -3.77. The molecule has 0 saturated carbocycles. The highest BCUT2D eigenvalue weighted by Gasteiger charge is 2.18. The first-order chi connectivity index (χ1) is 8.24. The summed E-state index contributed by atoms with van der Waals surface area (Å²) in [6, 6.07) is 4.49. The van der Waals surface area contributed by atoms with Gasteiger partial charge in [0.15, 0.2) is 0 Å². The van der Waals surface area contributed by atoms with Gasteiger partial charge in [-0.25, -0.2) is 13.1 Å². The number of sulfonamides is 1. The molecule has 0 aromatic heterocycles. The number of hydrogen-bond acceptors (Lipinski definition) is 4. The summed E-state index contributed by atoms with van der Waals surface area (Å²) in [7, 11) is -3.77. The molecule has 1 unspecified atom stereocenters. The van der Waals surface area contributed by atoms with Crippen LogP contribution in [0.4, 0.5) is 0 Å². The molecule has 0 radical (unpaired) electrons. The van der Waals surface area contributed by atoms with Gasteiger partial charge in [-0.05, 0) is 30.7 Å². The molecule has 6 nitrogen and oxygen atoms in total. The molecular weight excluding hydrogens is 324 g/mol. The maximum Gasteiger partial charge on any atom is 0.247 e. The molecule has 8 heteroatoms. The number of rotatable bonds is 5. The molecule has 1 rings (SSSR count). The predicted octanol–water partition coefficient (Wildman–Crippen LogP) is -0.118. The van der Waals surface area contributed by atoms with Crippen LogP contribution in [-0.4, -0.2) is 32.1 Å². The van der Waals surface area contributed by atoms with Gasteiger partial charge in [0, 0.05) is 11.0 Å². The van der Waals surface area contributed by atoms with E-state index in [-0.39, 0.29) is 4.90 Å². The molecule has 1 aromatic rings. The number of aryl methyl sites for hydroxylation is 1. The summed E-state index contributed by atoms with van der Waals surface area (Å²) < 4.78 is 26.6. The number of benzene rings is 1. The van der Waals surface area contributed by atoms with Gasteiger partial charge < -0.3 is 10.8 Å². The second-order valence-corrected chi connectivity index (χ2v) is 6.30. The Balaban J connectivity index is 2.87. The van der Waals surface area contributed by atoms with Crippen molar-refractivity contribution in [1.29, 1.82) is 0 Å². The van der Waals surface area contributed by atoms with Crippen molar-refractivity contribution in [3.8, 4) is 0 Å². The van der Waals surface area contributed by atoms with Crippen LogP contribution in [0.5, 0.6) is 0 Å². The topological polar surface area (TPSA) is 109 Å². The van der Waals surface area contributed by atoms with Crippen LogP contribution in [0.25, 0.3) is 0 Å². The fourth-order valence-electron chi connectivity index (χ4n) is 1.16. The van der Waals surface area contributed by atoms with Gasteiger partial charge in [0.1, 0.15) is 6.10 Å². The molecule has 0 aliphatic carbocycles. The van der Waals surface area contributed by atoms with Crippen LogP contribution in [-0.2, 0) is 14.8 Å². The van der Waals surface area contributed by atoms with Crippen LogP contribution in [0.15, 0.2) is 27.6 Å². The molecule has 0 spiro atoms. The number of carbonyl (C=O) groups excluding carboxylic acids is 1. The summed E-state index contributed by atoms with van der Waals surface area (Å²) in [6.07, 6.45) is -1.55. The molecule has 0 fully saturated rings. The number of primary amides is 1. The molecule has 4 N–H and O–H groups in total. The third-order valence-electron chi connectivity index (χ3n) is 2.23. The van der Waals surface area contributed by atoms with Gasteiger partial charge in [-0.3, -0.25) is 4.79 Å². The Hall–Kier alpha value is -0.960. The van der Waals surface area contributed by atoms with Gasteiger partial charge in [-0.15, -0.1) is 0 Å². The van der Waals surface area contributed by atoms with Crippen LogP contribution in [0, 0.1) is 6.92 Å². The monoisotopic (exact) mass is 336 g/mol. The van der Waals surface area contributed by atoms with Crippen LogP contribution >= 0.6 is 15.9 Å². The third kappa shape index (κ3) is 3.77. The molecule has 0 saturated heterocycles. The quantitative estimate of drug-likeness (QED) is 0.696. The van der Waals surface area contributed by atoms with Crippen molar-refractivity contribution in [2.24, 2.45) is 5.73 Å². The first-order valence-electron chi connectivity index (χ1n) is 4.97. The second kappa shape index (κ2) is 5.79. The average molecular weight is 337 g/mol. The fourth-order valence-corrected chi connectivity index (χ4v) is 2.53. The molecule has 1 aromatic carbocycles. The minimum absolute atomic E-state index is 0.0554. The van der Waals surface area contributed by atoms with Gasteiger partial charge in [-0.1, -0.05) is 15.9 Å². The predicted molar refractivity (Wildman–Crippen MR) is 69.3 cm³/mol. The Bertz CT molecular complexity index is 559. The lowest BCUT2D eigenvalue weighted by molar-refractivity contribution is -0.125. The van der Waals surface area contributed by atoms with Crippen molar-refractivity contribution in [1.82, 2.24) is 4.72 Å². The number of nitrogens with two attached hydrogens (primary N) is 1. The van der Waals surface area contributed by atoms with E-state index < -0.39 is 28.6 Å². The summed E-state index contributed by atoms with van der Waals surface area (Å²) in [5.41, 5.74) is 5.58. The van der Waals surface area contributed by atoms with Crippen LogP contribution in [0.2, 0.25) is 0 Å². The zero-order valence-electron chi connectivity index (χ0n) is 9.55. The standard InChI is InChI=1S/C10H13BrN2O4S/c1-6-4-7(2-3-8(6)11)18(16,17)13-5-9(14)10(12)15/h2-4,9,13-14H,5H2,1H3,(H2,12,15). The van der Waals surface area contributed by atoms with E-state index in [1.807, 2.05) is 0 Å². The van der Waals surface area contributed by atoms with Gasteiger partial charge >= 0.3 is 0 Å². The highest BCUT2D eigenvalue weighted by atomic mass is 79.9. The van der Waals surface area contributed by atoms with Crippen LogP contribution in [0.1, 0.15) is 5.56 Å². The normalized spacial score (nSPS) is 13.3. The van der Waals surface area contributed by atoms with Crippen LogP contribution in [0.3, 0.4) is 0 Å². The van der Waals surface area contributed by atoms with Crippen molar-refractivity contribution >= 4 is 31.9 Å². The zero-order valence-corrected chi connectivity index (χ0v) is 12.0. The largest absolute Gasteiger partial charge is 0.382 e. The van der Waals surface area contributed by atoms with Crippen molar-refractivity contribution < 1.29 is 18.3 Å². The van der Waals surface area contributed by atoms with Crippen molar-refractivity contribution in [3.05, 3.63) is 28.2 Å². The summed E-state index contributed by atoms with van der Waals surface area (Å²) in [6.45, 7) is 1.30. The molecule has 1 amide bonds. The number of aliphatic hydroxyl groups is 1. The molecule has 0 heterocycles. The molecule has 100 valence electrons. The first kappa shape index (κ1) is 15.1. The lowest BCUT2D eigenvalue weighted by Gasteiger charge is -2.10. The maximum absolute atomic E-state index is 11.8. The lowest BCUT2D eigenvalue weighted by Crippen LogP contribution is -2.39. The van der Waals surface area contributed by atoms with Crippen molar-refractivity contribution in [2.75, 3.05) is 6.54 Å². The molecule has 1 atom stereocenters. The van der Waals surface area contributed by atoms with E-state index in [0.29, 0.717) is 0 Å². The van der Waals surface area contributed by atoms with E-state index in [4.69, 9.17) is 10.8 Å². The Morgan fingerprint density at radius 2 is 2.17 bits per heavy atom. The van der Waals surface area contributed by atoms with E-state index in [9.17, 15) is 13.2 Å². The highest BCUT2D eigenvalue weighted by molar-refractivity contribution is 9.10. The van der Waals surface area contributed by atoms with E-state index in [1.54, 1.807) is 13.0 Å². The number of halogens is 1. The van der Waals surface area contributed by atoms with E-state index >= 15 is 0 Å². The fraction of sp³-hybridized carbons (Fsp3) is 0.300. The van der Waals surface area contributed by atoms with Gasteiger partial charge in [0.2, 0.25) is 15.9 Å². The summed E-state index contributed by atoms with van der Waals surface area (Å²) >= 11 is 3.26. The van der Waals surface area contributed by atoms with E-state index in [1.165, 1.54) is 12.1 Å². The van der Waals surface area contributed by atoms with E-state index in [2.05, 4.69) is 20.7 Å². The smallest absolute Gasteiger partial charge is 0.247 e. The number of amides is 1. The molecule has 18 heavy (non-hydrogen) atoms. The second-order valence-electron chi connectivity index (χ2n) is 3.68. The highest BCUT2D eigenvalue weighted by Crippen LogP contribution is 2.19. The molecule has 0 aliphatic heterocycles. The van der Waals surface area contributed by atoms with E-state index in [0.717, 1.165) is 10.0 Å². The third-order valence-corrected chi connectivity index (χ3v) is 4.55. The van der Waals surface area contributed by atoms with Gasteiger partial charge in [-0.2, -0.15) is 0 Å². The zero-order chi connectivity index (χ0) is 13.9. The van der Waals surface area contributed by atoms with Crippen molar-refractivity contribution in [3.63, 3.8) is 0 Å². The summed E-state index contributed by atoms with van der Waals surface area (Å²) in [5, 5.41) is 9.13. The Labute approximate surface area is 113 Å². The number of aliphatic hydroxyl groups excluding tert-OH is 1. The Morgan fingerprint density at radius 3 is 2.67 bits per heavy atom. The van der Waals surface area contributed by atoms with Crippen LogP contribution < -0.4 is 10.5 Å². The number of nitrogens with one attached hydrogen (secondary N) is 1. The summed E-state index contributed by atoms with van der Waals surface area (Å²) in [5.74, 6) is -0.982. The van der Waals surface area contributed by atoms with Crippen molar-refractivity contribution in [2.45, 2.75) is 17.9 Å². The molecule has 0 aliphatic rings. The Kier molecular flexibility index (Phi) is 4.85. The SMILES string of the molecule is Cc1cc(S(=O)(=O)NCC(O)C(N)=O)ccc1Br. The molecular formula is C10H13BrN2O4S. The number of hydrogen-bond donors (Lipinski definition) is 3. The number of carbonyl (C=O) groups is 1. The average Bonchev–Trinajstić information content (AvgIpc) is 2.29. The van der Waals surface area contributed by atoms with Gasteiger partial charge in [0.25, 0.3) is 0 Å². The minimum Gasteiger partial charge on any atom is -0.382 e. The van der Waals surface area contributed by atoms with Gasteiger partial charge in [0.05, 0.1) is 4.90 Å². The summed E-state index contributed by atoms with van der Waals surface area (Å²) in [4.78, 5) is 10.6.